The molecule has 0 aliphatic heterocycles. The average Bonchev–Trinajstić information content (AvgIpc) is 3.01. The summed E-state index contributed by atoms with van der Waals surface area (Å²) in [6.45, 7) is 4.79. The third-order valence-corrected chi connectivity index (χ3v) is 5.26. The molecule has 0 radical (unpaired) electrons. The lowest BCUT2D eigenvalue weighted by molar-refractivity contribution is 0.414. The Morgan fingerprint density at radius 1 is 1.18 bits per heavy atom. The van der Waals surface area contributed by atoms with Crippen molar-refractivity contribution in [2.75, 3.05) is 7.11 Å². The summed E-state index contributed by atoms with van der Waals surface area (Å²) in [5.41, 5.74) is 2.26. The maximum atomic E-state index is 13.1. The Bertz CT molecular complexity index is 1150. The van der Waals surface area contributed by atoms with Crippen LogP contribution in [0.25, 0.3) is 11.2 Å². The smallest absolute Gasteiger partial charge is 0.332 e. The van der Waals surface area contributed by atoms with Gasteiger partial charge in [-0.15, -0.1) is 0 Å². The predicted octanol–water partition coefficient (Wildman–Crippen LogP) is 2.88. The fourth-order valence-corrected chi connectivity index (χ4v) is 3.51. The topological polar surface area (TPSA) is 71.1 Å². The number of benzene rings is 1. The van der Waals surface area contributed by atoms with Crippen LogP contribution >= 0.6 is 15.9 Å². The van der Waals surface area contributed by atoms with Gasteiger partial charge < -0.3 is 9.30 Å². The van der Waals surface area contributed by atoms with E-state index in [1.165, 1.54) is 9.13 Å². The summed E-state index contributed by atoms with van der Waals surface area (Å²) < 4.78 is 10.2. The minimum atomic E-state index is -0.370. The van der Waals surface area contributed by atoms with Gasteiger partial charge in [0.1, 0.15) is 5.75 Å². The van der Waals surface area contributed by atoms with E-state index < -0.39 is 0 Å². The quantitative estimate of drug-likeness (QED) is 0.431. The van der Waals surface area contributed by atoms with Crippen molar-refractivity contribution in [2.24, 2.45) is 7.05 Å². The molecular weight excluding hydrogens is 424 g/mol. The lowest BCUT2D eigenvalue weighted by Gasteiger charge is -2.10. The van der Waals surface area contributed by atoms with Gasteiger partial charge in [-0.1, -0.05) is 23.8 Å². The highest BCUT2D eigenvalue weighted by molar-refractivity contribution is 9.10. The van der Waals surface area contributed by atoms with Crippen LogP contribution in [0.4, 0.5) is 0 Å². The first-order valence-corrected chi connectivity index (χ1v) is 9.74. The molecule has 0 spiro atoms. The fraction of sp³-hybridized carbons (Fsp3) is 0.350. The van der Waals surface area contributed by atoms with E-state index in [9.17, 15) is 9.59 Å². The van der Waals surface area contributed by atoms with E-state index in [0.29, 0.717) is 35.4 Å². The lowest BCUT2D eigenvalue weighted by Crippen LogP contribution is -2.40. The van der Waals surface area contributed by atoms with Crippen molar-refractivity contribution in [3.63, 3.8) is 0 Å². The molecule has 3 aromatic rings. The van der Waals surface area contributed by atoms with Crippen LogP contribution in [-0.2, 0) is 26.6 Å². The highest BCUT2D eigenvalue weighted by atomic mass is 79.9. The lowest BCUT2D eigenvalue weighted by atomic mass is 10.1. The molecular formula is C20H23BrN4O3. The van der Waals surface area contributed by atoms with Crippen LogP contribution in [0.3, 0.4) is 0 Å². The second kappa shape index (κ2) is 8.18. The molecule has 2 heterocycles. The molecule has 0 bridgehead atoms. The Morgan fingerprint density at radius 2 is 1.86 bits per heavy atom. The van der Waals surface area contributed by atoms with Crippen LogP contribution in [0.1, 0.15) is 19.4 Å². The monoisotopic (exact) mass is 446 g/mol. The summed E-state index contributed by atoms with van der Waals surface area (Å²) in [6, 6.07) is 7.60. The van der Waals surface area contributed by atoms with Crippen molar-refractivity contribution in [3.8, 4) is 5.75 Å². The molecule has 28 heavy (non-hydrogen) atoms. The maximum absolute atomic E-state index is 13.1. The molecule has 0 aliphatic rings. The number of hydrogen-bond donors (Lipinski definition) is 0. The summed E-state index contributed by atoms with van der Waals surface area (Å²) in [5, 5.41) is 0. The van der Waals surface area contributed by atoms with Crippen molar-refractivity contribution in [1.82, 2.24) is 18.7 Å². The normalized spacial score (nSPS) is 11.0. The Morgan fingerprint density at radius 3 is 2.46 bits per heavy atom. The number of methoxy groups -OCH3 is 1. The predicted molar refractivity (Wildman–Crippen MR) is 113 cm³/mol. The molecule has 0 unspecified atom stereocenters. The standard InChI is InChI=1S/C20H23BrN4O3/c1-13(2)9-11-24-16-17(22-19(24)21)23(3)20(27)25(18(16)26)12-10-14-5-7-15(28-4)8-6-14/h5-9H,10-12H2,1-4H3. The summed E-state index contributed by atoms with van der Waals surface area (Å²) in [6.07, 6.45) is 2.58. The third kappa shape index (κ3) is 3.82. The van der Waals surface area contributed by atoms with Crippen LogP contribution in [-0.4, -0.2) is 25.8 Å². The first-order valence-electron chi connectivity index (χ1n) is 8.95. The molecule has 0 saturated carbocycles. The number of allylic oxidation sites excluding steroid dienone is 2. The number of aromatic nitrogens is 4. The molecule has 0 N–H and O–H groups in total. The zero-order valence-corrected chi connectivity index (χ0v) is 18.0. The minimum Gasteiger partial charge on any atom is -0.497 e. The summed E-state index contributed by atoms with van der Waals surface area (Å²) in [5.74, 6) is 0.770. The largest absolute Gasteiger partial charge is 0.497 e. The van der Waals surface area contributed by atoms with Gasteiger partial charge in [-0.3, -0.25) is 13.9 Å². The molecule has 0 fully saturated rings. The second-order valence-corrected chi connectivity index (χ2v) is 7.55. The van der Waals surface area contributed by atoms with E-state index in [1.807, 2.05) is 44.2 Å². The van der Waals surface area contributed by atoms with Crippen LogP contribution in [0, 0.1) is 0 Å². The van der Waals surface area contributed by atoms with Gasteiger partial charge in [-0.05, 0) is 53.9 Å². The molecule has 0 aliphatic carbocycles. The Hall–Kier alpha value is -2.61. The Kier molecular flexibility index (Phi) is 5.88. The fourth-order valence-electron chi connectivity index (χ4n) is 3.02. The minimum absolute atomic E-state index is 0.291. The van der Waals surface area contributed by atoms with Gasteiger partial charge in [0.2, 0.25) is 0 Å². The number of ether oxygens (including phenoxy) is 1. The summed E-state index contributed by atoms with van der Waals surface area (Å²) in [4.78, 5) is 30.2. The Labute approximate surface area is 171 Å². The molecule has 8 heteroatoms. The zero-order valence-electron chi connectivity index (χ0n) is 16.4. The van der Waals surface area contributed by atoms with Crippen LogP contribution < -0.4 is 16.0 Å². The number of halogens is 1. The van der Waals surface area contributed by atoms with Gasteiger partial charge >= 0.3 is 5.69 Å². The van der Waals surface area contributed by atoms with Crippen molar-refractivity contribution in [3.05, 3.63) is 67.0 Å². The molecule has 1 aromatic carbocycles. The van der Waals surface area contributed by atoms with E-state index >= 15 is 0 Å². The van der Waals surface area contributed by atoms with Crippen LogP contribution in [0.2, 0.25) is 0 Å². The van der Waals surface area contributed by atoms with E-state index in [4.69, 9.17) is 4.74 Å². The molecule has 148 valence electrons. The number of imidazole rings is 1. The van der Waals surface area contributed by atoms with Gasteiger partial charge in [0.05, 0.1) is 7.11 Å². The number of aryl methyl sites for hydroxylation is 2. The third-order valence-electron chi connectivity index (χ3n) is 4.65. The SMILES string of the molecule is COc1ccc(CCn2c(=O)c3c(nc(Br)n3CC=C(C)C)n(C)c2=O)cc1. The van der Waals surface area contributed by atoms with E-state index in [-0.39, 0.29) is 11.2 Å². The van der Waals surface area contributed by atoms with Crippen molar-refractivity contribution < 1.29 is 4.74 Å². The Balaban J connectivity index is 2.04. The highest BCUT2D eigenvalue weighted by Gasteiger charge is 2.18. The van der Waals surface area contributed by atoms with Crippen molar-refractivity contribution in [1.29, 1.82) is 0 Å². The number of hydrogen-bond acceptors (Lipinski definition) is 4. The molecule has 0 atom stereocenters. The highest BCUT2D eigenvalue weighted by Crippen LogP contribution is 2.17. The van der Waals surface area contributed by atoms with E-state index in [1.54, 1.807) is 18.7 Å². The molecule has 2 aromatic heterocycles. The van der Waals surface area contributed by atoms with Crippen molar-refractivity contribution >= 4 is 27.1 Å². The molecule has 7 nitrogen and oxygen atoms in total. The van der Waals surface area contributed by atoms with Crippen molar-refractivity contribution in [2.45, 2.75) is 33.4 Å². The first-order chi connectivity index (χ1) is 13.3. The average molecular weight is 447 g/mol. The van der Waals surface area contributed by atoms with Gasteiger partial charge in [0.15, 0.2) is 15.9 Å². The summed E-state index contributed by atoms with van der Waals surface area (Å²) >= 11 is 3.41. The molecule has 0 saturated heterocycles. The second-order valence-electron chi connectivity index (χ2n) is 6.84. The molecule has 3 rings (SSSR count). The zero-order chi connectivity index (χ0) is 20.4. The van der Waals surface area contributed by atoms with E-state index in [2.05, 4.69) is 20.9 Å². The summed E-state index contributed by atoms with van der Waals surface area (Å²) in [7, 11) is 3.25. The van der Waals surface area contributed by atoms with Crippen LogP contribution in [0.15, 0.2) is 50.2 Å². The number of rotatable bonds is 6. The van der Waals surface area contributed by atoms with Crippen LogP contribution in [0.5, 0.6) is 5.75 Å². The maximum Gasteiger partial charge on any atom is 0.332 e. The molecule has 0 amide bonds. The number of nitrogens with zero attached hydrogens (tertiary/aromatic N) is 4. The first kappa shape index (κ1) is 20.1. The van der Waals surface area contributed by atoms with Gasteiger partial charge in [0.25, 0.3) is 5.56 Å². The van der Waals surface area contributed by atoms with Gasteiger partial charge in [0, 0.05) is 20.1 Å². The van der Waals surface area contributed by atoms with Gasteiger partial charge in [-0.2, -0.15) is 0 Å². The van der Waals surface area contributed by atoms with Gasteiger partial charge in [-0.25, -0.2) is 9.78 Å². The number of fused-ring (bicyclic) bond motifs is 1. The van der Waals surface area contributed by atoms with E-state index in [0.717, 1.165) is 16.9 Å².